The van der Waals surface area contributed by atoms with Crippen LogP contribution in [-0.4, -0.2) is 25.5 Å². The van der Waals surface area contributed by atoms with Gasteiger partial charge in [0, 0.05) is 18.4 Å². The van der Waals surface area contributed by atoms with Gasteiger partial charge in [0.2, 0.25) is 5.91 Å². The lowest BCUT2D eigenvalue weighted by atomic mass is 9.77. The Morgan fingerprint density at radius 2 is 1.81 bits per heavy atom. The minimum atomic E-state index is -0.152. The zero-order chi connectivity index (χ0) is 15.7. The van der Waals surface area contributed by atoms with Gasteiger partial charge in [0.25, 0.3) is 0 Å². The fourth-order valence-electron chi connectivity index (χ4n) is 3.42. The third-order valence-electron chi connectivity index (χ3n) is 4.41. The fourth-order valence-corrected chi connectivity index (χ4v) is 3.42. The Bertz CT molecular complexity index is 333. The maximum absolute atomic E-state index is 12.5. The average molecular weight is 297 g/mol. The van der Waals surface area contributed by atoms with Crippen LogP contribution in [0.4, 0.5) is 0 Å². The van der Waals surface area contributed by atoms with Gasteiger partial charge in [-0.1, -0.05) is 33.1 Å². The number of nitrogens with one attached hydrogen (secondary N) is 1. The number of esters is 1. The van der Waals surface area contributed by atoms with E-state index in [1.807, 2.05) is 0 Å². The van der Waals surface area contributed by atoms with E-state index in [4.69, 9.17) is 0 Å². The van der Waals surface area contributed by atoms with Gasteiger partial charge in [-0.05, 0) is 38.0 Å². The lowest BCUT2D eigenvalue weighted by Crippen LogP contribution is -2.40. The topological polar surface area (TPSA) is 55.4 Å². The molecule has 0 unspecified atom stereocenters. The van der Waals surface area contributed by atoms with Crippen LogP contribution in [-0.2, 0) is 14.3 Å². The number of methoxy groups -OCH3 is 1. The molecular formula is C17H31NO3. The Morgan fingerprint density at radius 1 is 1.14 bits per heavy atom. The lowest BCUT2D eigenvalue weighted by molar-refractivity contribution is -0.140. The van der Waals surface area contributed by atoms with Gasteiger partial charge in [0.05, 0.1) is 7.11 Å². The van der Waals surface area contributed by atoms with Crippen molar-refractivity contribution in [3.63, 3.8) is 0 Å². The number of rotatable bonds is 9. The third kappa shape index (κ3) is 6.06. The number of hydrogen-bond acceptors (Lipinski definition) is 3. The molecular weight excluding hydrogens is 266 g/mol. The van der Waals surface area contributed by atoms with Gasteiger partial charge in [0.15, 0.2) is 0 Å². The van der Waals surface area contributed by atoms with Crippen LogP contribution in [0.5, 0.6) is 0 Å². The second kappa shape index (κ2) is 9.06. The summed E-state index contributed by atoms with van der Waals surface area (Å²) in [6.07, 6.45) is 8.63. The maximum Gasteiger partial charge on any atom is 0.305 e. The van der Waals surface area contributed by atoms with E-state index in [1.165, 1.54) is 20.0 Å². The number of ether oxygens (including phenoxy) is 1. The first kappa shape index (κ1) is 18.0. The molecule has 1 aliphatic carbocycles. The standard InChI is InChI=1S/C17H31NO3/c1-14(2)13-17(10-6-7-11-17)16(20)18-12-8-4-5-9-15(19)21-3/h14H,4-13H2,1-3H3,(H,18,20). The van der Waals surface area contributed by atoms with Crippen LogP contribution in [0.1, 0.15) is 71.6 Å². The van der Waals surface area contributed by atoms with Gasteiger partial charge in [-0.15, -0.1) is 0 Å². The molecule has 0 atom stereocenters. The summed E-state index contributed by atoms with van der Waals surface area (Å²) < 4.78 is 4.60. The predicted molar refractivity (Wildman–Crippen MR) is 83.8 cm³/mol. The Balaban J connectivity index is 2.24. The zero-order valence-corrected chi connectivity index (χ0v) is 13.9. The second-order valence-electron chi connectivity index (χ2n) is 6.73. The molecule has 0 aliphatic heterocycles. The molecule has 0 heterocycles. The third-order valence-corrected chi connectivity index (χ3v) is 4.41. The van der Waals surface area contributed by atoms with Crippen molar-refractivity contribution in [2.75, 3.05) is 13.7 Å². The maximum atomic E-state index is 12.5. The van der Waals surface area contributed by atoms with E-state index >= 15 is 0 Å². The van der Waals surface area contributed by atoms with Crippen LogP contribution in [0.2, 0.25) is 0 Å². The Labute approximate surface area is 129 Å². The molecule has 1 saturated carbocycles. The van der Waals surface area contributed by atoms with Crippen LogP contribution in [0.25, 0.3) is 0 Å². The molecule has 1 amide bonds. The van der Waals surface area contributed by atoms with E-state index < -0.39 is 0 Å². The van der Waals surface area contributed by atoms with Crippen LogP contribution >= 0.6 is 0 Å². The van der Waals surface area contributed by atoms with Gasteiger partial charge in [0.1, 0.15) is 0 Å². The molecule has 1 rings (SSSR count). The lowest BCUT2D eigenvalue weighted by Gasteiger charge is -2.29. The number of carbonyl (C=O) groups excluding carboxylic acids is 2. The molecule has 4 heteroatoms. The first-order valence-electron chi connectivity index (χ1n) is 8.35. The molecule has 0 saturated heterocycles. The highest BCUT2D eigenvalue weighted by molar-refractivity contribution is 5.82. The van der Waals surface area contributed by atoms with Gasteiger partial charge >= 0.3 is 5.97 Å². The van der Waals surface area contributed by atoms with Crippen LogP contribution < -0.4 is 5.32 Å². The first-order valence-corrected chi connectivity index (χ1v) is 8.35. The second-order valence-corrected chi connectivity index (χ2v) is 6.73. The highest BCUT2D eigenvalue weighted by Gasteiger charge is 2.40. The summed E-state index contributed by atoms with van der Waals surface area (Å²) in [4.78, 5) is 23.5. The highest BCUT2D eigenvalue weighted by atomic mass is 16.5. The van der Waals surface area contributed by atoms with E-state index in [0.29, 0.717) is 12.3 Å². The smallest absolute Gasteiger partial charge is 0.305 e. The molecule has 0 radical (unpaired) electrons. The van der Waals surface area contributed by atoms with Gasteiger partial charge in [-0.3, -0.25) is 9.59 Å². The number of amides is 1. The molecule has 0 spiro atoms. The molecule has 1 N–H and O–H groups in total. The average Bonchev–Trinajstić information content (AvgIpc) is 2.90. The molecule has 0 aromatic rings. The molecule has 0 bridgehead atoms. The fraction of sp³-hybridized carbons (Fsp3) is 0.882. The summed E-state index contributed by atoms with van der Waals surface area (Å²) >= 11 is 0. The van der Waals surface area contributed by atoms with Crippen molar-refractivity contribution >= 4 is 11.9 Å². The van der Waals surface area contributed by atoms with E-state index in [1.54, 1.807) is 0 Å². The Hall–Kier alpha value is -1.06. The van der Waals surface area contributed by atoms with Crippen molar-refractivity contribution < 1.29 is 14.3 Å². The molecule has 1 aliphatic rings. The first-order chi connectivity index (χ1) is 10.00. The molecule has 0 aromatic heterocycles. The normalized spacial score (nSPS) is 17.0. The van der Waals surface area contributed by atoms with E-state index in [-0.39, 0.29) is 17.3 Å². The van der Waals surface area contributed by atoms with Crippen molar-refractivity contribution in [3.8, 4) is 0 Å². The van der Waals surface area contributed by atoms with Crippen molar-refractivity contribution in [2.24, 2.45) is 11.3 Å². The summed E-state index contributed by atoms with van der Waals surface area (Å²) in [5.74, 6) is 0.663. The zero-order valence-electron chi connectivity index (χ0n) is 13.9. The predicted octanol–water partition coefficient (Wildman–Crippen LogP) is 3.44. The van der Waals surface area contributed by atoms with Crippen molar-refractivity contribution in [3.05, 3.63) is 0 Å². The van der Waals surface area contributed by atoms with Gasteiger partial charge in [-0.2, -0.15) is 0 Å². The largest absolute Gasteiger partial charge is 0.469 e. The van der Waals surface area contributed by atoms with Crippen molar-refractivity contribution in [1.82, 2.24) is 5.32 Å². The summed E-state index contributed by atoms with van der Waals surface area (Å²) in [5, 5.41) is 3.12. The Morgan fingerprint density at radius 3 is 2.38 bits per heavy atom. The monoisotopic (exact) mass is 297 g/mol. The summed E-state index contributed by atoms with van der Waals surface area (Å²) in [7, 11) is 1.42. The van der Waals surface area contributed by atoms with Crippen LogP contribution in [0.15, 0.2) is 0 Å². The molecule has 1 fully saturated rings. The van der Waals surface area contributed by atoms with Gasteiger partial charge in [-0.25, -0.2) is 0 Å². The Kier molecular flexibility index (Phi) is 7.76. The SMILES string of the molecule is COC(=O)CCCCCNC(=O)C1(CC(C)C)CCCC1. The molecule has 0 aromatic carbocycles. The number of hydrogen-bond donors (Lipinski definition) is 1. The molecule has 4 nitrogen and oxygen atoms in total. The van der Waals surface area contributed by atoms with E-state index in [2.05, 4.69) is 23.9 Å². The number of carbonyl (C=O) groups is 2. The summed E-state index contributed by atoms with van der Waals surface area (Å²) in [6.45, 7) is 5.11. The van der Waals surface area contributed by atoms with Crippen molar-refractivity contribution in [2.45, 2.75) is 71.6 Å². The quantitative estimate of drug-likeness (QED) is 0.524. The van der Waals surface area contributed by atoms with E-state index in [0.717, 1.165) is 45.1 Å². The molecule has 122 valence electrons. The van der Waals surface area contributed by atoms with Crippen LogP contribution in [0.3, 0.4) is 0 Å². The minimum absolute atomic E-state index is 0.111. The highest BCUT2D eigenvalue weighted by Crippen LogP contribution is 2.43. The van der Waals surface area contributed by atoms with Gasteiger partial charge < -0.3 is 10.1 Å². The van der Waals surface area contributed by atoms with E-state index in [9.17, 15) is 9.59 Å². The summed E-state index contributed by atoms with van der Waals surface area (Å²) in [5.41, 5.74) is -0.111. The minimum Gasteiger partial charge on any atom is -0.469 e. The summed E-state index contributed by atoms with van der Waals surface area (Å²) in [6, 6.07) is 0. The number of unbranched alkanes of at least 4 members (excludes halogenated alkanes) is 2. The molecule has 21 heavy (non-hydrogen) atoms. The van der Waals surface area contributed by atoms with Crippen LogP contribution in [0, 0.1) is 11.3 Å². The van der Waals surface area contributed by atoms with Crippen molar-refractivity contribution in [1.29, 1.82) is 0 Å².